The maximum Gasteiger partial charge on any atom is 0.237 e. The van der Waals surface area contributed by atoms with Gasteiger partial charge in [-0.2, -0.15) is 0 Å². The summed E-state index contributed by atoms with van der Waals surface area (Å²) in [5, 5.41) is 5.88. The van der Waals surface area contributed by atoms with Gasteiger partial charge in [-0.1, -0.05) is 54.1 Å². The number of benzene rings is 2. The summed E-state index contributed by atoms with van der Waals surface area (Å²) in [4.78, 5) is 27.0. The van der Waals surface area contributed by atoms with Crippen LogP contribution in [0.1, 0.15) is 28.7 Å². The lowest BCUT2D eigenvalue weighted by molar-refractivity contribution is -0.134. The van der Waals surface area contributed by atoms with Crippen LogP contribution in [0, 0.1) is 13.8 Å². The van der Waals surface area contributed by atoms with E-state index in [4.69, 9.17) is 0 Å². The fourth-order valence-corrected chi connectivity index (χ4v) is 3.60. The Labute approximate surface area is 167 Å². The molecule has 5 heteroatoms. The predicted octanol–water partition coefficient (Wildman–Crippen LogP) is 2.35. The summed E-state index contributed by atoms with van der Waals surface area (Å²) in [6.45, 7) is 6.75. The molecular weight excluding hydrogens is 350 g/mol. The van der Waals surface area contributed by atoms with Gasteiger partial charge in [0.05, 0.1) is 12.5 Å². The van der Waals surface area contributed by atoms with Crippen LogP contribution < -0.4 is 10.6 Å². The third kappa shape index (κ3) is 5.42. The molecule has 2 amide bonds. The summed E-state index contributed by atoms with van der Waals surface area (Å²) < 4.78 is 0. The largest absolute Gasteiger partial charge is 0.353 e. The number of hydrogen-bond acceptors (Lipinski definition) is 3. The molecule has 1 atom stereocenters. The minimum atomic E-state index is -0.406. The highest BCUT2D eigenvalue weighted by molar-refractivity contribution is 5.88. The topological polar surface area (TPSA) is 61.4 Å². The molecule has 0 saturated carbocycles. The molecule has 28 heavy (non-hydrogen) atoms. The first kappa shape index (κ1) is 20.1. The second-order valence-electron chi connectivity index (χ2n) is 7.49. The Morgan fingerprint density at radius 2 is 1.96 bits per heavy atom. The smallest absolute Gasteiger partial charge is 0.237 e. The maximum absolute atomic E-state index is 12.5. The van der Waals surface area contributed by atoms with Crippen molar-refractivity contribution in [2.75, 3.05) is 19.6 Å². The van der Waals surface area contributed by atoms with Gasteiger partial charge in [0.2, 0.25) is 11.8 Å². The number of aryl methyl sites for hydroxylation is 2. The van der Waals surface area contributed by atoms with Crippen LogP contribution in [0.5, 0.6) is 0 Å². The van der Waals surface area contributed by atoms with Crippen molar-refractivity contribution in [3.63, 3.8) is 0 Å². The molecule has 148 valence electrons. The SMILES string of the molecule is Cc1ccc(C)c(CNC(=O)C[C@H]2C(=O)NCCN2CCc2ccccc2)c1. The van der Waals surface area contributed by atoms with Crippen LogP contribution in [-0.4, -0.2) is 42.4 Å². The molecule has 1 heterocycles. The number of nitrogens with one attached hydrogen (secondary N) is 2. The Bertz CT molecular complexity index is 820. The van der Waals surface area contributed by atoms with Gasteiger partial charge in [0.25, 0.3) is 0 Å². The van der Waals surface area contributed by atoms with Crippen molar-refractivity contribution in [1.29, 1.82) is 0 Å². The molecule has 1 saturated heterocycles. The van der Waals surface area contributed by atoms with Gasteiger partial charge >= 0.3 is 0 Å². The number of carbonyl (C=O) groups excluding carboxylic acids is 2. The van der Waals surface area contributed by atoms with E-state index in [1.165, 1.54) is 11.1 Å². The summed E-state index contributed by atoms with van der Waals surface area (Å²) in [7, 11) is 0. The monoisotopic (exact) mass is 379 g/mol. The van der Waals surface area contributed by atoms with E-state index in [9.17, 15) is 9.59 Å². The van der Waals surface area contributed by atoms with Crippen LogP contribution in [0.15, 0.2) is 48.5 Å². The van der Waals surface area contributed by atoms with Crippen LogP contribution in [0.4, 0.5) is 0 Å². The molecule has 5 nitrogen and oxygen atoms in total. The second-order valence-corrected chi connectivity index (χ2v) is 7.49. The highest BCUT2D eigenvalue weighted by Gasteiger charge is 2.31. The Morgan fingerprint density at radius 3 is 2.75 bits per heavy atom. The molecule has 0 radical (unpaired) electrons. The quantitative estimate of drug-likeness (QED) is 0.776. The van der Waals surface area contributed by atoms with E-state index >= 15 is 0 Å². The fraction of sp³-hybridized carbons (Fsp3) is 0.391. The lowest BCUT2D eigenvalue weighted by Crippen LogP contribution is -2.56. The Balaban J connectivity index is 1.56. The average molecular weight is 380 g/mol. The summed E-state index contributed by atoms with van der Waals surface area (Å²) in [6, 6.07) is 16.1. The molecule has 0 unspecified atom stereocenters. The second kappa shape index (κ2) is 9.51. The Hall–Kier alpha value is -2.66. The molecule has 2 N–H and O–H groups in total. The molecule has 0 aliphatic carbocycles. The minimum absolute atomic E-state index is 0.0544. The van der Waals surface area contributed by atoms with Crippen molar-refractivity contribution in [3.05, 3.63) is 70.8 Å². The lowest BCUT2D eigenvalue weighted by atomic mass is 10.0. The Morgan fingerprint density at radius 1 is 1.18 bits per heavy atom. The summed E-state index contributed by atoms with van der Waals surface area (Å²) in [6.07, 6.45) is 1.06. The first-order chi connectivity index (χ1) is 13.5. The average Bonchev–Trinajstić information content (AvgIpc) is 2.70. The summed E-state index contributed by atoms with van der Waals surface area (Å²) >= 11 is 0. The van der Waals surface area contributed by atoms with E-state index in [-0.39, 0.29) is 18.2 Å². The molecule has 0 bridgehead atoms. The molecule has 1 aliphatic rings. The number of rotatable bonds is 7. The van der Waals surface area contributed by atoms with Crippen molar-refractivity contribution in [1.82, 2.24) is 15.5 Å². The fourth-order valence-electron chi connectivity index (χ4n) is 3.60. The zero-order valence-corrected chi connectivity index (χ0v) is 16.7. The van der Waals surface area contributed by atoms with E-state index < -0.39 is 6.04 Å². The van der Waals surface area contributed by atoms with Crippen LogP contribution in [-0.2, 0) is 22.6 Å². The van der Waals surface area contributed by atoms with Gasteiger partial charge in [0, 0.05) is 26.2 Å². The van der Waals surface area contributed by atoms with Gasteiger partial charge in [-0.15, -0.1) is 0 Å². The van der Waals surface area contributed by atoms with E-state index in [1.807, 2.05) is 32.0 Å². The molecule has 2 aromatic carbocycles. The highest BCUT2D eigenvalue weighted by atomic mass is 16.2. The van der Waals surface area contributed by atoms with E-state index in [0.717, 1.165) is 30.6 Å². The van der Waals surface area contributed by atoms with Crippen molar-refractivity contribution in [3.8, 4) is 0 Å². The Kier molecular flexibility index (Phi) is 6.82. The minimum Gasteiger partial charge on any atom is -0.353 e. The predicted molar refractivity (Wildman–Crippen MR) is 111 cm³/mol. The third-order valence-corrected chi connectivity index (χ3v) is 5.33. The molecule has 0 spiro atoms. The molecule has 2 aromatic rings. The zero-order valence-electron chi connectivity index (χ0n) is 16.7. The van der Waals surface area contributed by atoms with Gasteiger partial charge in [-0.05, 0) is 37.0 Å². The number of carbonyl (C=O) groups is 2. The number of hydrogen-bond donors (Lipinski definition) is 2. The van der Waals surface area contributed by atoms with Crippen LogP contribution in [0.2, 0.25) is 0 Å². The van der Waals surface area contributed by atoms with Gasteiger partial charge < -0.3 is 10.6 Å². The molecule has 1 fully saturated rings. The van der Waals surface area contributed by atoms with Crippen LogP contribution in [0.25, 0.3) is 0 Å². The zero-order chi connectivity index (χ0) is 19.9. The van der Waals surface area contributed by atoms with Crippen molar-refractivity contribution in [2.45, 2.75) is 39.3 Å². The van der Waals surface area contributed by atoms with Crippen molar-refractivity contribution < 1.29 is 9.59 Å². The van der Waals surface area contributed by atoms with Gasteiger partial charge in [-0.3, -0.25) is 14.5 Å². The standard InChI is InChI=1S/C23H29N3O2/c1-17-8-9-18(2)20(14-17)16-25-22(27)15-21-23(28)24-11-13-26(21)12-10-19-6-4-3-5-7-19/h3-9,14,21H,10-13,15-16H2,1-2H3,(H,24,28)(H,25,27)/t21-/m0/s1. The van der Waals surface area contributed by atoms with Crippen LogP contribution in [0.3, 0.4) is 0 Å². The maximum atomic E-state index is 12.5. The van der Waals surface area contributed by atoms with Gasteiger partial charge in [0.1, 0.15) is 0 Å². The molecular formula is C23H29N3O2. The van der Waals surface area contributed by atoms with Crippen molar-refractivity contribution >= 4 is 11.8 Å². The van der Waals surface area contributed by atoms with E-state index in [2.05, 4.69) is 45.9 Å². The normalized spacial score (nSPS) is 17.2. The highest BCUT2D eigenvalue weighted by Crippen LogP contribution is 2.13. The first-order valence-corrected chi connectivity index (χ1v) is 9.91. The summed E-state index contributed by atoms with van der Waals surface area (Å²) in [5.74, 6) is -0.145. The number of piperazine rings is 1. The molecule has 3 rings (SSSR count). The molecule has 0 aromatic heterocycles. The van der Waals surface area contributed by atoms with Gasteiger partial charge in [-0.25, -0.2) is 0 Å². The van der Waals surface area contributed by atoms with E-state index in [0.29, 0.717) is 13.1 Å². The first-order valence-electron chi connectivity index (χ1n) is 9.91. The summed E-state index contributed by atoms with van der Waals surface area (Å²) in [5.41, 5.74) is 4.69. The van der Waals surface area contributed by atoms with Gasteiger partial charge in [0.15, 0.2) is 0 Å². The molecule has 1 aliphatic heterocycles. The van der Waals surface area contributed by atoms with Crippen molar-refractivity contribution in [2.24, 2.45) is 0 Å². The lowest BCUT2D eigenvalue weighted by Gasteiger charge is -2.34. The van der Waals surface area contributed by atoms with E-state index in [1.54, 1.807) is 0 Å². The third-order valence-electron chi connectivity index (χ3n) is 5.33. The van der Waals surface area contributed by atoms with Crippen LogP contribution >= 0.6 is 0 Å². The number of nitrogens with zero attached hydrogens (tertiary/aromatic N) is 1. The number of amides is 2.